The molecule has 0 aromatic carbocycles. The molecule has 0 N–H and O–H groups in total. The fraction of sp³-hybridized carbons (Fsp3) is 0.300. The quantitative estimate of drug-likeness (QED) is 0.678. The van der Waals surface area contributed by atoms with Crippen LogP contribution in [0.2, 0.25) is 0 Å². The average Bonchev–Trinajstić information content (AvgIpc) is 2.16. The SMILES string of the molecule is Cc1nc(N(C)C)c2ccncc2n1. The first-order chi connectivity index (χ1) is 6.68. The molecule has 4 nitrogen and oxygen atoms in total. The van der Waals surface area contributed by atoms with Crippen LogP contribution in [0.4, 0.5) is 5.82 Å². The number of fused-ring (bicyclic) bond motifs is 1. The van der Waals surface area contributed by atoms with E-state index < -0.39 is 0 Å². The van der Waals surface area contributed by atoms with Crippen LogP contribution in [0, 0.1) is 6.92 Å². The van der Waals surface area contributed by atoms with Crippen molar-refractivity contribution >= 4 is 16.7 Å². The van der Waals surface area contributed by atoms with Gasteiger partial charge in [0.05, 0.1) is 11.7 Å². The highest BCUT2D eigenvalue weighted by Gasteiger charge is 2.06. The summed E-state index contributed by atoms with van der Waals surface area (Å²) in [6.45, 7) is 1.89. The second-order valence-electron chi connectivity index (χ2n) is 3.38. The van der Waals surface area contributed by atoms with E-state index in [0.717, 1.165) is 22.5 Å². The molecule has 0 amide bonds. The number of hydrogen-bond donors (Lipinski definition) is 0. The summed E-state index contributed by atoms with van der Waals surface area (Å²) in [5, 5.41) is 1.04. The molecule has 2 heterocycles. The maximum absolute atomic E-state index is 4.39. The van der Waals surface area contributed by atoms with Crippen molar-refractivity contribution < 1.29 is 0 Å². The number of aryl methyl sites for hydroxylation is 1. The lowest BCUT2D eigenvalue weighted by molar-refractivity contribution is 1.01. The number of aromatic nitrogens is 3. The molecule has 0 saturated heterocycles. The van der Waals surface area contributed by atoms with Gasteiger partial charge in [0.25, 0.3) is 0 Å². The maximum Gasteiger partial charge on any atom is 0.139 e. The molecule has 14 heavy (non-hydrogen) atoms. The van der Waals surface area contributed by atoms with Gasteiger partial charge in [-0.25, -0.2) is 9.97 Å². The summed E-state index contributed by atoms with van der Waals surface area (Å²) in [5.74, 6) is 1.71. The molecule has 0 aliphatic rings. The summed E-state index contributed by atoms with van der Waals surface area (Å²) in [4.78, 5) is 14.7. The van der Waals surface area contributed by atoms with E-state index in [1.54, 1.807) is 12.4 Å². The summed E-state index contributed by atoms with van der Waals surface area (Å²) < 4.78 is 0. The van der Waals surface area contributed by atoms with Crippen LogP contribution in [-0.4, -0.2) is 29.0 Å². The highest BCUT2D eigenvalue weighted by molar-refractivity contribution is 5.88. The molecule has 0 bridgehead atoms. The maximum atomic E-state index is 4.39. The zero-order valence-electron chi connectivity index (χ0n) is 8.52. The topological polar surface area (TPSA) is 41.9 Å². The van der Waals surface area contributed by atoms with E-state index in [1.165, 1.54) is 0 Å². The minimum atomic E-state index is 0.772. The molecule has 0 fully saturated rings. The van der Waals surface area contributed by atoms with Gasteiger partial charge in [-0.15, -0.1) is 0 Å². The molecule has 4 heteroatoms. The van der Waals surface area contributed by atoms with Gasteiger partial charge in [-0.05, 0) is 13.0 Å². The van der Waals surface area contributed by atoms with Gasteiger partial charge in [0.1, 0.15) is 11.6 Å². The third kappa shape index (κ3) is 1.39. The molecule has 0 radical (unpaired) electrons. The molecule has 72 valence electrons. The third-order valence-corrected chi connectivity index (χ3v) is 2.01. The van der Waals surface area contributed by atoms with Crippen LogP contribution in [0.25, 0.3) is 10.9 Å². The molecule has 2 aromatic rings. The molecule has 0 aliphatic carbocycles. The van der Waals surface area contributed by atoms with Crippen molar-refractivity contribution in [3.63, 3.8) is 0 Å². The van der Waals surface area contributed by atoms with Crippen molar-refractivity contribution in [2.75, 3.05) is 19.0 Å². The summed E-state index contributed by atoms with van der Waals surface area (Å²) >= 11 is 0. The molecule has 2 rings (SSSR count). The Balaban J connectivity index is 2.80. The highest BCUT2D eigenvalue weighted by Crippen LogP contribution is 2.20. The summed E-state index contributed by atoms with van der Waals surface area (Å²) in [5.41, 5.74) is 0.892. The lowest BCUT2D eigenvalue weighted by Gasteiger charge is -2.13. The van der Waals surface area contributed by atoms with Gasteiger partial charge in [0, 0.05) is 25.7 Å². The first-order valence-electron chi connectivity index (χ1n) is 4.44. The Bertz CT molecular complexity index is 465. The van der Waals surface area contributed by atoms with Gasteiger partial charge in [0.15, 0.2) is 0 Å². The first-order valence-corrected chi connectivity index (χ1v) is 4.44. The van der Waals surface area contributed by atoms with Gasteiger partial charge in [-0.1, -0.05) is 0 Å². The Morgan fingerprint density at radius 1 is 1.21 bits per heavy atom. The Morgan fingerprint density at radius 3 is 2.71 bits per heavy atom. The number of rotatable bonds is 1. The van der Waals surface area contributed by atoms with Crippen LogP contribution in [0.15, 0.2) is 18.5 Å². The number of pyridine rings is 1. The normalized spacial score (nSPS) is 10.5. The molecule has 0 unspecified atom stereocenters. The highest BCUT2D eigenvalue weighted by atomic mass is 15.1. The van der Waals surface area contributed by atoms with E-state index in [4.69, 9.17) is 0 Å². The van der Waals surface area contributed by atoms with Gasteiger partial charge < -0.3 is 4.90 Å². The number of nitrogens with zero attached hydrogens (tertiary/aromatic N) is 4. The summed E-state index contributed by atoms with van der Waals surface area (Å²) in [6, 6.07) is 1.93. The lowest BCUT2D eigenvalue weighted by Crippen LogP contribution is -2.12. The molecule has 2 aromatic heterocycles. The Labute approximate surface area is 82.6 Å². The lowest BCUT2D eigenvalue weighted by atomic mass is 10.3. The van der Waals surface area contributed by atoms with Crippen LogP contribution in [0.1, 0.15) is 5.82 Å². The molecular weight excluding hydrogens is 176 g/mol. The van der Waals surface area contributed by atoms with Crippen molar-refractivity contribution in [2.24, 2.45) is 0 Å². The summed E-state index contributed by atoms with van der Waals surface area (Å²) in [6.07, 6.45) is 3.52. The molecule has 0 atom stereocenters. The van der Waals surface area contributed by atoms with Crippen LogP contribution in [0.3, 0.4) is 0 Å². The molecule has 0 aliphatic heterocycles. The van der Waals surface area contributed by atoms with E-state index in [0.29, 0.717) is 0 Å². The first kappa shape index (κ1) is 8.87. The molecule has 0 saturated carbocycles. The fourth-order valence-electron chi connectivity index (χ4n) is 1.42. The van der Waals surface area contributed by atoms with Crippen molar-refractivity contribution in [3.8, 4) is 0 Å². The van der Waals surface area contributed by atoms with Gasteiger partial charge in [-0.3, -0.25) is 4.98 Å². The molecule has 0 spiro atoms. The smallest absolute Gasteiger partial charge is 0.139 e. The van der Waals surface area contributed by atoms with Crippen LogP contribution in [-0.2, 0) is 0 Å². The number of anilines is 1. The number of hydrogen-bond acceptors (Lipinski definition) is 4. The second kappa shape index (κ2) is 3.21. The zero-order chi connectivity index (χ0) is 10.1. The molecular formula is C10H12N4. The van der Waals surface area contributed by atoms with Gasteiger partial charge >= 0.3 is 0 Å². The van der Waals surface area contributed by atoms with Gasteiger partial charge in [0.2, 0.25) is 0 Å². The predicted molar refractivity (Wildman–Crippen MR) is 56.4 cm³/mol. The van der Waals surface area contributed by atoms with Crippen LogP contribution < -0.4 is 4.90 Å². The Morgan fingerprint density at radius 2 is 2.00 bits per heavy atom. The zero-order valence-corrected chi connectivity index (χ0v) is 8.52. The van der Waals surface area contributed by atoms with Crippen molar-refractivity contribution in [1.29, 1.82) is 0 Å². The minimum Gasteiger partial charge on any atom is -0.362 e. The van der Waals surface area contributed by atoms with Crippen molar-refractivity contribution in [3.05, 3.63) is 24.3 Å². The van der Waals surface area contributed by atoms with E-state index in [9.17, 15) is 0 Å². The Kier molecular flexibility index (Phi) is 2.04. The third-order valence-electron chi connectivity index (χ3n) is 2.01. The van der Waals surface area contributed by atoms with Crippen LogP contribution in [0.5, 0.6) is 0 Å². The minimum absolute atomic E-state index is 0.772. The van der Waals surface area contributed by atoms with Crippen molar-refractivity contribution in [2.45, 2.75) is 6.92 Å². The second-order valence-corrected chi connectivity index (χ2v) is 3.38. The standard InChI is InChI=1S/C10H12N4/c1-7-12-9-6-11-5-4-8(9)10(13-7)14(2)3/h4-6H,1-3H3. The average molecular weight is 188 g/mol. The van der Waals surface area contributed by atoms with Crippen LogP contribution >= 0.6 is 0 Å². The monoisotopic (exact) mass is 188 g/mol. The van der Waals surface area contributed by atoms with E-state index in [-0.39, 0.29) is 0 Å². The van der Waals surface area contributed by atoms with E-state index in [1.807, 2.05) is 32.0 Å². The fourth-order valence-corrected chi connectivity index (χ4v) is 1.42. The van der Waals surface area contributed by atoms with Gasteiger partial charge in [-0.2, -0.15) is 0 Å². The summed E-state index contributed by atoms with van der Waals surface area (Å²) in [7, 11) is 3.95. The van der Waals surface area contributed by atoms with Crippen molar-refractivity contribution in [1.82, 2.24) is 15.0 Å². The van der Waals surface area contributed by atoms with E-state index in [2.05, 4.69) is 15.0 Å². The largest absolute Gasteiger partial charge is 0.362 e. The van der Waals surface area contributed by atoms with E-state index >= 15 is 0 Å². The Hall–Kier alpha value is -1.71. The predicted octanol–water partition coefficient (Wildman–Crippen LogP) is 1.40.